The molecular formula is C7H12S. The van der Waals surface area contributed by atoms with Gasteiger partial charge in [0.15, 0.2) is 0 Å². The van der Waals surface area contributed by atoms with Crippen LogP contribution in [0.2, 0.25) is 0 Å². The van der Waals surface area contributed by atoms with Gasteiger partial charge in [0.2, 0.25) is 0 Å². The molecule has 1 spiro atoms. The first-order valence-corrected chi connectivity index (χ1v) is 4.11. The second kappa shape index (κ2) is 1.44. The summed E-state index contributed by atoms with van der Waals surface area (Å²) in [5, 5.41) is 0. The predicted octanol–water partition coefficient (Wildman–Crippen LogP) is 2.11. The molecule has 0 radical (unpaired) electrons. The molecule has 0 bridgehead atoms. The molecule has 0 aliphatic heterocycles. The molecule has 2 saturated carbocycles. The van der Waals surface area contributed by atoms with E-state index in [1.165, 1.54) is 25.7 Å². The fourth-order valence-corrected chi connectivity index (χ4v) is 2.45. The monoisotopic (exact) mass is 128 g/mol. The SMILES string of the molecule is SCC1CC12CCC2. The second-order valence-electron chi connectivity index (χ2n) is 3.30. The van der Waals surface area contributed by atoms with Crippen molar-refractivity contribution in [2.24, 2.45) is 11.3 Å². The highest BCUT2D eigenvalue weighted by atomic mass is 32.1. The van der Waals surface area contributed by atoms with Gasteiger partial charge in [0, 0.05) is 0 Å². The van der Waals surface area contributed by atoms with E-state index in [1.807, 2.05) is 0 Å². The summed E-state index contributed by atoms with van der Waals surface area (Å²) in [5.74, 6) is 2.15. The van der Waals surface area contributed by atoms with Crippen LogP contribution in [0.15, 0.2) is 0 Å². The molecule has 46 valence electrons. The first-order valence-electron chi connectivity index (χ1n) is 3.48. The number of hydrogen-bond donors (Lipinski definition) is 1. The molecule has 2 rings (SSSR count). The fraction of sp³-hybridized carbons (Fsp3) is 1.00. The van der Waals surface area contributed by atoms with Gasteiger partial charge in [0.25, 0.3) is 0 Å². The van der Waals surface area contributed by atoms with Crippen molar-refractivity contribution in [2.75, 3.05) is 5.75 Å². The van der Waals surface area contributed by atoms with Crippen molar-refractivity contribution in [1.82, 2.24) is 0 Å². The Hall–Kier alpha value is 0.350. The van der Waals surface area contributed by atoms with Gasteiger partial charge < -0.3 is 0 Å². The highest BCUT2D eigenvalue weighted by molar-refractivity contribution is 7.80. The quantitative estimate of drug-likeness (QED) is 0.514. The van der Waals surface area contributed by atoms with Crippen molar-refractivity contribution >= 4 is 12.6 Å². The molecule has 1 atom stereocenters. The Kier molecular flexibility index (Phi) is 0.928. The Morgan fingerprint density at radius 3 is 2.38 bits per heavy atom. The molecule has 0 amide bonds. The van der Waals surface area contributed by atoms with E-state index in [9.17, 15) is 0 Å². The topological polar surface area (TPSA) is 0 Å². The van der Waals surface area contributed by atoms with Crippen LogP contribution in [0.4, 0.5) is 0 Å². The van der Waals surface area contributed by atoms with Gasteiger partial charge in [-0.1, -0.05) is 6.42 Å². The Balaban J connectivity index is 1.93. The zero-order chi connectivity index (χ0) is 5.61. The zero-order valence-electron chi connectivity index (χ0n) is 5.06. The van der Waals surface area contributed by atoms with E-state index in [4.69, 9.17) is 0 Å². The Morgan fingerprint density at radius 1 is 1.50 bits per heavy atom. The van der Waals surface area contributed by atoms with Crippen molar-refractivity contribution < 1.29 is 0 Å². The van der Waals surface area contributed by atoms with Crippen LogP contribution in [-0.2, 0) is 0 Å². The lowest BCUT2D eigenvalue weighted by atomic mass is 9.80. The molecule has 1 heteroatoms. The van der Waals surface area contributed by atoms with Crippen molar-refractivity contribution in [3.05, 3.63) is 0 Å². The lowest BCUT2D eigenvalue weighted by Crippen LogP contribution is -2.14. The maximum absolute atomic E-state index is 4.28. The Bertz CT molecular complexity index is 105. The van der Waals surface area contributed by atoms with Gasteiger partial charge in [0.1, 0.15) is 0 Å². The third-order valence-electron chi connectivity index (χ3n) is 2.93. The van der Waals surface area contributed by atoms with E-state index in [0.29, 0.717) is 0 Å². The first-order chi connectivity index (χ1) is 3.87. The van der Waals surface area contributed by atoms with E-state index in [2.05, 4.69) is 12.6 Å². The molecule has 8 heavy (non-hydrogen) atoms. The van der Waals surface area contributed by atoms with E-state index in [1.54, 1.807) is 0 Å². The summed E-state index contributed by atoms with van der Waals surface area (Å²) in [7, 11) is 0. The molecule has 2 aliphatic carbocycles. The van der Waals surface area contributed by atoms with E-state index in [-0.39, 0.29) is 0 Å². The minimum absolute atomic E-state index is 0.863. The van der Waals surface area contributed by atoms with Gasteiger partial charge in [-0.3, -0.25) is 0 Å². The molecule has 1 unspecified atom stereocenters. The van der Waals surface area contributed by atoms with E-state index >= 15 is 0 Å². The smallest absolute Gasteiger partial charge is 0.00640 e. The first kappa shape index (κ1) is 5.16. The van der Waals surface area contributed by atoms with Crippen molar-refractivity contribution in [3.63, 3.8) is 0 Å². The number of thiol groups is 1. The van der Waals surface area contributed by atoms with E-state index in [0.717, 1.165) is 17.1 Å². The maximum Gasteiger partial charge on any atom is -0.00640 e. The van der Waals surface area contributed by atoms with Crippen molar-refractivity contribution in [1.29, 1.82) is 0 Å². The molecule has 0 aromatic heterocycles. The lowest BCUT2D eigenvalue weighted by molar-refractivity contribution is 0.265. The Labute approximate surface area is 56.1 Å². The molecule has 0 heterocycles. The average molecular weight is 128 g/mol. The highest BCUT2D eigenvalue weighted by Gasteiger charge is 2.56. The van der Waals surface area contributed by atoms with Crippen LogP contribution in [0, 0.1) is 11.3 Å². The third kappa shape index (κ3) is 0.485. The van der Waals surface area contributed by atoms with Crippen LogP contribution in [0.3, 0.4) is 0 Å². The normalized spacial score (nSPS) is 39.4. The van der Waals surface area contributed by atoms with Gasteiger partial charge in [-0.2, -0.15) is 12.6 Å². The summed E-state index contributed by atoms with van der Waals surface area (Å²) in [6.07, 6.45) is 6.01. The van der Waals surface area contributed by atoms with E-state index < -0.39 is 0 Å². The molecule has 2 fully saturated rings. The van der Waals surface area contributed by atoms with Crippen molar-refractivity contribution in [3.8, 4) is 0 Å². The van der Waals surface area contributed by atoms with Crippen LogP contribution in [0.5, 0.6) is 0 Å². The average Bonchev–Trinajstić information content (AvgIpc) is 2.36. The van der Waals surface area contributed by atoms with Gasteiger partial charge in [-0.25, -0.2) is 0 Å². The molecule has 0 saturated heterocycles. The molecule has 0 aromatic carbocycles. The minimum atomic E-state index is 0.863. The molecular weight excluding hydrogens is 116 g/mol. The highest BCUT2D eigenvalue weighted by Crippen LogP contribution is 2.65. The second-order valence-corrected chi connectivity index (χ2v) is 3.66. The van der Waals surface area contributed by atoms with Gasteiger partial charge in [-0.05, 0) is 36.3 Å². The van der Waals surface area contributed by atoms with Crippen LogP contribution >= 0.6 is 12.6 Å². The van der Waals surface area contributed by atoms with Gasteiger partial charge >= 0.3 is 0 Å². The van der Waals surface area contributed by atoms with Crippen LogP contribution in [0.25, 0.3) is 0 Å². The Morgan fingerprint density at radius 2 is 2.25 bits per heavy atom. The standard InChI is InChI=1S/C7H12S/c8-5-6-4-7(6)2-1-3-7/h6,8H,1-5H2. The summed E-state index contributed by atoms with van der Waals surface area (Å²) < 4.78 is 0. The summed E-state index contributed by atoms with van der Waals surface area (Å²) in [4.78, 5) is 0. The number of hydrogen-bond acceptors (Lipinski definition) is 1. The zero-order valence-corrected chi connectivity index (χ0v) is 5.95. The maximum atomic E-state index is 4.28. The summed E-state index contributed by atoms with van der Waals surface area (Å²) >= 11 is 4.28. The lowest BCUT2D eigenvalue weighted by Gasteiger charge is -2.26. The van der Waals surface area contributed by atoms with Crippen LogP contribution in [-0.4, -0.2) is 5.75 Å². The van der Waals surface area contributed by atoms with Crippen molar-refractivity contribution in [2.45, 2.75) is 25.7 Å². The molecule has 0 nitrogen and oxygen atoms in total. The number of rotatable bonds is 1. The summed E-state index contributed by atoms with van der Waals surface area (Å²) in [6, 6.07) is 0. The van der Waals surface area contributed by atoms with Crippen LogP contribution in [0.1, 0.15) is 25.7 Å². The summed E-state index contributed by atoms with van der Waals surface area (Å²) in [5.41, 5.74) is 0.863. The molecule has 2 aliphatic rings. The third-order valence-corrected chi connectivity index (χ3v) is 3.37. The molecule has 0 aromatic rings. The van der Waals surface area contributed by atoms with Crippen LogP contribution < -0.4 is 0 Å². The minimum Gasteiger partial charge on any atom is -0.179 e. The summed E-state index contributed by atoms with van der Waals surface area (Å²) in [6.45, 7) is 0. The van der Waals surface area contributed by atoms with Gasteiger partial charge in [0.05, 0.1) is 0 Å². The predicted molar refractivity (Wildman–Crippen MR) is 38.2 cm³/mol. The van der Waals surface area contributed by atoms with Gasteiger partial charge in [-0.15, -0.1) is 0 Å². The molecule has 0 N–H and O–H groups in total. The fourth-order valence-electron chi connectivity index (χ4n) is 1.93. The largest absolute Gasteiger partial charge is 0.179 e.